The highest BCUT2D eigenvalue weighted by Gasteiger charge is 2.13. The van der Waals surface area contributed by atoms with Crippen molar-refractivity contribution in [3.8, 4) is 0 Å². The molecule has 0 bridgehead atoms. The predicted molar refractivity (Wildman–Crippen MR) is 113 cm³/mol. The number of rotatable bonds is 16. The molecule has 1 aromatic rings. The third kappa shape index (κ3) is 10.8. The van der Waals surface area contributed by atoms with Crippen LogP contribution >= 0.6 is 0 Å². The fraction of sp³-hybridized carbons (Fsp3) is 0.727. The Morgan fingerprint density at radius 1 is 0.654 bits per heavy atom. The van der Waals surface area contributed by atoms with Gasteiger partial charge in [0.1, 0.15) is 0 Å². The Labute approximate surface area is 161 Å². The van der Waals surface area contributed by atoms with E-state index in [1.165, 1.54) is 70.6 Å². The van der Waals surface area contributed by atoms with Crippen molar-refractivity contribution >= 4 is 15.5 Å². The van der Waals surface area contributed by atoms with Crippen molar-refractivity contribution in [3.05, 3.63) is 24.3 Å². The van der Waals surface area contributed by atoms with Crippen molar-refractivity contribution in [2.24, 2.45) is 0 Å². The van der Waals surface area contributed by atoms with Gasteiger partial charge in [0.25, 0.3) is 0 Å². The van der Waals surface area contributed by atoms with E-state index < -0.39 is 9.84 Å². The Balaban J connectivity index is 1.94. The van der Waals surface area contributed by atoms with Gasteiger partial charge in [0.15, 0.2) is 9.84 Å². The van der Waals surface area contributed by atoms with Gasteiger partial charge in [-0.3, -0.25) is 0 Å². The number of anilines is 1. The van der Waals surface area contributed by atoms with Gasteiger partial charge in [-0.2, -0.15) is 0 Å². The number of sulfone groups is 1. The largest absolute Gasteiger partial charge is 0.399 e. The number of benzene rings is 1. The molecule has 0 spiro atoms. The first-order valence-corrected chi connectivity index (χ1v) is 12.3. The molecule has 0 aromatic heterocycles. The first-order valence-electron chi connectivity index (χ1n) is 10.6. The van der Waals surface area contributed by atoms with Crippen LogP contribution in [0.2, 0.25) is 0 Å². The third-order valence-electron chi connectivity index (χ3n) is 5.01. The molecule has 0 atom stereocenters. The topological polar surface area (TPSA) is 60.2 Å². The van der Waals surface area contributed by atoms with Crippen molar-refractivity contribution < 1.29 is 8.42 Å². The number of hydrogen-bond donors (Lipinski definition) is 1. The van der Waals surface area contributed by atoms with Gasteiger partial charge < -0.3 is 5.73 Å². The third-order valence-corrected chi connectivity index (χ3v) is 6.82. The Bertz CT molecular complexity index is 552. The van der Waals surface area contributed by atoms with Crippen LogP contribution in [0.4, 0.5) is 5.69 Å². The summed E-state index contributed by atoms with van der Waals surface area (Å²) in [5.41, 5.74) is 6.20. The average molecular weight is 382 g/mol. The molecule has 150 valence electrons. The Morgan fingerprint density at radius 2 is 1.04 bits per heavy atom. The zero-order valence-corrected chi connectivity index (χ0v) is 17.5. The summed E-state index contributed by atoms with van der Waals surface area (Å²) in [5.74, 6) is 0.245. The van der Waals surface area contributed by atoms with Gasteiger partial charge >= 0.3 is 0 Å². The van der Waals surface area contributed by atoms with Gasteiger partial charge in [-0.05, 0) is 30.7 Å². The van der Waals surface area contributed by atoms with Crippen molar-refractivity contribution in [1.29, 1.82) is 0 Å². The standard InChI is InChI=1S/C22H39NO2S/c1-2-3-4-5-6-7-8-9-10-11-12-13-14-15-20-26(24,25)22-18-16-21(23)17-19-22/h16-19H,2-15,20,23H2,1H3. The maximum absolute atomic E-state index is 12.2. The molecule has 0 heterocycles. The van der Waals surface area contributed by atoms with Crippen LogP contribution in [0.3, 0.4) is 0 Å². The lowest BCUT2D eigenvalue weighted by atomic mass is 10.0. The SMILES string of the molecule is CCCCCCCCCCCCCCCCS(=O)(=O)c1ccc(N)cc1. The molecule has 1 rings (SSSR count). The molecule has 0 unspecified atom stereocenters. The minimum absolute atomic E-state index is 0.245. The smallest absolute Gasteiger partial charge is 0.178 e. The molecule has 0 aliphatic carbocycles. The van der Waals surface area contributed by atoms with Crippen LogP contribution in [0, 0.1) is 0 Å². The lowest BCUT2D eigenvalue weighted by Crippen LogP contribution is -2.06. The lowest BCUT2D eigenvalue weighted by molar-refractivity contribution is 0.537. The highest BCUT2D eigenvalue weighted by atomic mass is 32.2. The summed E-state index contributed by atoms with van der Waals surface area (Å²) in [4.78, 5) is 0.390. The van der Waals surface area contributed by atoms with Gasteiger partial charge in [0.2, 0.25) is 0 Å². The van der Waals surface area contributed by atoms with Crippen molar-refractivity contribution in [2.45, 2.75) is 102 Å². The Kier molecular flexibility index (Phi) is 12.5. The molecule has 0 radical (unpaired) electrons. The maximum atomic E-state index is 12.2. The zero-order chi connectivity index (χ0) is 19.1. The van der Waals surface area contributed by atoms with Crippen LogP contribution in [0.15, 0.2) is 29.2 Å². The molecule has 0 saturated carbocycles. The molecule has 4 heteroatoms. The molecule has 0 aliphatic rings. The van der Waals surface area contributed by atoms with Crippen LogP contribution in [-0.2, 0) is 9.84 Å². The van der Waals surface area contributed by atoms with Crippen LogP contribution in [0.1, 0.15) is 96.8 Å². The van der Waals surface area contributed by atoms with E-state index in [1.54, 1.807) is 24.3 Å². The lowest BCUT2D eigenvalue weighted by Gasteiger charge is -2.05. The second-order valence-corrected chi connectivity index (χ2v) is 9.59. The minimum Gasteiger partial charge on any atom is -0.399 e. The molecule has 26 heavy (non-hydrogen) atoms. The molecular weight excluding hydrogens is 342 g/mol. The van der Waals surface area contributed by atoms with E-state index in [4.69, 9.17) is 5.73 Å². The van der Waals surface area contributed by atoms with Crippen molar-refractivity contribution in [2.75, 3.05) is 11.5 Å². The van der Waals surface area contributed by atoms with Gasteiger partial charge in [-0.25, -0.2) is 8.42 Å². The molecule has 3 nitrogen and oxygen atoms in total. The Morgan fingerprint density at radius 3 is 1.46 bits per heavy atom. The second-order valence-electron chi connectivity index (χ2n) is 7.48. The molecular formula is C22H39NO2S. The zero-order valence-electron chi connectivity index (χ0n) is 16.7. The molecule has 0 aliphatic heterocycles. The quantitative estimate of drug-likeness (QED) is 0.262. The van der Waals surface area contributed by atoms with Gasteiger partial charge in [0, 0.05) is 5.69 Å². The van der Waals surface area contributed by atoms with Crippen molar-refractivity contribution in [3.63, 3.8) is 0 Å². The number of nitrogens with two attached hydrogens (primary N) is 1. The van der Waals surface area contributed by atoms with Crippen LogP contribution in [-0.4, -0.2) is 14.2 Å². The summed E-state index contributed by atoms with van der Waals surface area (Å²) in [5, 5.41) is 0. The summed E-state index contributed by atoms with van der Waals surface area (Å²) in [6.07, 6.45) is 17.8. The van der Waals surface area contributed by atoms with Gasteiger partial charge in [0.05, 0.1) is 10.6 Å². The van der Waals surface area contributed by atoms with E-state index in [0.717, 1.165) is 19.3 Å². The van der Waals surface area contributed by atoms with Crippen LogP contribution in [0.25, 0.3) is 0 Å². The molecule has 0 amide bonds. The highest BCUT2D eigenvalue weighted by molar-refractivity contribution is 7.91. The van der Waals surface area contributed by atoms with E-state index in [2.05, 4.69) is 6.92 Å². The summed E-state index contributed by atoms with van der Waals surface area (Å²) < 4.78 is 24.4. The first-order chi connectivity index (χ1) is 12.6. The predicted octanol–water partition coefficient (Wildman–Crippen LogP) is 6.52. The van der Waals surface area contributed by atoms with E-state index in [1.807, 2.05) is 0 Å². The fourth-order valence-corrected chi connectivity index (χ4v) is 4.65. The van der Waals surface area contributed by atoms with Gasteiger partial charge in [-0.1, -0.05) is 90.4 Å². The fourth-order valence-electron chi connectivity index (χ4n) is 3.28. The van der Waals surface area contributed by atoms with Crippen molar-refractivity contribution in [1.82, 2.24) is 0 Å². The van der Waals surface area contributed by atoms with Gasteiger partial charge in [-0.15, -0.1) is 0 Å². The van der Waals surface area contributed by atoms with E-state index in [-0.39, 0.29) is 5.75 Å². The monoisotopic (exact) mass is 381 g/mol. The van der Waals surface area contributed by atoms with Crippen LogP contribution in [0.5, 0.6) is 0 Å². The highest BCUT2D eigenvalue weighted by Crippen LogP contribution is 2.16. The number of nitrogen functional groups attached to an aromatic ring is 1. The number of hydrogen-bond acceptors (Lipinski definition) is 3. The molecule has 0 saturated heterocycles. The van der Waals surface area contributed by atoms with E-state index in [0.29, 0.717) is 10.6 Å². The summed E-state index contributed by atoms with van der Waals surface area (Å²) >= 11 is 0. The molecule has 1 aromatic carbocycles. The molecule has 2 N–H and O–H groups in total. The van der Waals surface area contributed by atoms with E-state index in [9.17, 15) is 8.42 Å². The number of unbranched alkanes of at least 4 members (excludes halogenated alkanes) is 13. The second kappa shape index (κ2) is 14.1. The van der Waals surface area contributed by atoms with E-state index >= 15 is 0 Å². The summed E-state index contributed by atoms with van der Waals surface area (Å²) in [6.45, 7) is 2.26. The maximum Gasteiger partial charge on any atom is 0.178 e. The average Bonchev–Trinajstić information content (AvgIpc) is 2.62. The summed E-state index contributed by atoms with van der Waals surface area (Å²) in [6, 6.07) is 6.51. The minimum atomic E-state index is -3.15. The normalized spacial score (nSPS) is 11.7. The first kappa shape index (κ1) is 23.0. The molecule has 0 fully saturated rings. The Hall–Kier alpha value is -1.03. The van der Waals surface area contributed by atoms with Crippen LogP contribution < -0.4 is 5.73 Å². The summed E-state index contributed by atoms with van der Waals surface area (Å²) in [7, 11) is -3.15.